The molecule has 0 spiro atoms. The van der Waals surface area contributed by atoms with Gasteiger partial charge in [-0.15, -0.1) is 11.3 Å². The van der Waals surface area contributed by atoms with E-state index in [9.17, 15) is 18.0 Å². The lowest BCUT2D eigenvalue weighted by molar-refractivity contribution is 0.0948. The molecule has 33 heavy (non-hydrogen) atoms. The lowest BCUT2D eigenvalue weighted by Gasteiger charge is -2.08. The van der Waals surface area contributed by atoms with Crippen molar-refractivity contribution in [3.8, 4) is 16.3 Å². The number of rotatable bonds is 8. The fourth-order valence-corrected chi connectivity index (χ4v) is 5.09. The second-order valence-electron chi connectivity index (χ2n) is 7.60. The Labute approximate surface area is 196 Å². The number of carbonyl (C=O) groups is 2. The average Bonchev–Trinajstić information content (AvgIpc) is 3.52. The molecule has 2 amide bonds. The molecule has 172 valence electrons. The second-order valence-corrected chi connectivity index (χ2v) is 10.3. The van der Waals surface area contributed by atoms with Crippen molar-refractivity contribution in [1.29, 1.82) is 0 Å². The summed E-state index contributed by atoms with van der Waals surface area (Å²) in [5, 5.41) is 3.44. The van der Waals surface area contributed by atoms with E-state index in [-0.39, 0.29) is 21.7 Å². The summed E-state index contributed by atoms with van der Waals surface area (Å²) in [6, 6.07) is 13.0. The quantitative estimate of drug-likeness (QED) is 0.505. The number of ether oxygens (including phenoxy) is 1. The lowest BCUT2D eigenvalue weighted by atomic mass is 10.2. The van der Waals surface area contributed by atoms with Crippen LogP contribution in [0.25, 0.3) is 10.6 Å². The van der Waals surface area contributed by atoms with Gasteiger partial charge in [0.2, 0.25) is 0 Å². The van der Waals surface area contributed by atoms with Crippen LogP contribution in [0.15, 0.2) is 53.4 Å². The molecule has 10 heteroatoms. The first-order valence-corrected chi connectivity index (χ1v) is 12.8. The van der Waals surface area contributed by atoms with E-state index in [0.717, 1.165) is 35.5 Å². The standard InChI is InChI=1S/C23H23N3O5S2/c1-3-31-18-10-4-16(5-11-18)23-24-14(2)20(32-23)22(28)26-33(29,30)19-12-6-15(7-13-19)21(27)25-17-8-9-17/h4-7,10-13,17H,3,8-9H2,1-2H3,(H,25,27)(H,26,28). The molecule has 0 saturated heterocycles. The Morgan fingerprint density at radius 2 is 1.73 bits per heavy atom. The first-order chi connectivity index (χ1) is 15.8. The average molecular weight is 486 g/mol. The maximum absolute atomic E-state index is 12.7. The van der Waals surface area contributed by atoms with Crippen LogP contribution in [0.3, 0.4) is 0 Å². The van der Waals surface area contributed by atoms with Gasteiger partial charge in [0.1, 0.15) is 15.6 Å². The Morgan fingerprint density at radius 3 is 2.33 bits per heavy atom. The van der Waals surface area contributed by atoms with Crippen molar-refractivity contribution in [2.75, 3.05) is 6.61 Å². The van der Waals surface area contributed by atoms with E-state index in [1.807, 2.05) is 31.2 Å². The number of hydrogen-bond acceptors (Lipinski definition) is 7. The molecule has 2 N–H and O–H groups in total. The molecular formula is C23H23N3O5S2. The van der Waals surface area contributed by atoms with Crippen LogP contribution < -0.4 is 14.8 Å². The van der Waals surface area contributed by atoms with Gasteiger partial charge >= 0.3 is 0 Å². The van der Waals surface area contributed by atoms with Gasteiger partial charge in [0.25, 0.3) is 21.8 Å². The fraction of sp³-hybridized carbons (Fsp3) is 0.261. The highest BCUT2D eigenvalue weighted by Gasteiger charge is 2.25. The van der Waals surface area contributed by atoms with Crippen molar-refractivity contribution >= 4 is 33.2 Å². The maximum Gasteiger partial charge on any atom is 0.277 e. The van der Waals surface area contributed by atoms with E-state index in [4.69, 9.17) is 4.74 Å². The van der Waals surface area contributed by atoms with Crippen molar-refractivity contribution in [3.05, 3.63) is 64.7 Å². The third kappa shape index (κ3) is 5.40. The normalized spacial score (nSPS) is 13.4. The second kappa shape index (κ2) is 9.32. The fourth-order valence-electron chi connectivity index (χ4n) is 3.10. The molecule has 1 aromatic heterocycles. The van der Waals surface area contributed by atoms with Gasteiger partial charge in [0.05, 0.1) is 17.2 Å². The predicted molar refractivity (Wildman–Crippen MR) is 125 cm³/mol. The van der Waals surface area contributed by atoms with Gasteiger partial charge in [-0.1, -0.05) is 0 Å². The monoisotopic (exact) mass is 485 g/mol. The number of benzene rings is 2. The number of hydrogen-bond donors (Lipinski definition) is 2. The van der Waals surface area contributed by atoms with Crippen LogP contribution in [0.4, 0.5) is 0 Å². The maximum atomic E-state index is 12.7. The van der Waals surface area contributed by atoms with E-state index in [1.165, 1.54) is 24.3 Å². The molecule has 1 fully saturated rings. The van der Waals surface area contributed by atoms with Gasteiger partial charge < -0.3 is 10.1 Å². The third-order valence-electron chi connectivity index (χ3n) is 4.98. The molecule has 1 aliphatic rings. The van der Waals surface area contributed by atoms with E-state index < -0.39 is 15.9 Å². The molecule has 0 atom stereocenters. The summed E-state index contributed by atoms with van der Waals surface area (Å²) in [7, 11) is -4.11. The molecule has 2 aromatic carbocycles. The molecule has 1 saturated carbocycles. The molecule has 3 aromatic rings. The molecule has 1 aliphatic carbocycles. The first kappa shape index (κ1) is 22.9. The van der Waals surface area contributed by atoms with Crippen LogP contribution in [0.1, 0.15) is 45.5 Å². The first-order valence-electron chi connectivity index (χ1n) is 10.5. The van der Waals surface area contributed by atoms with E-state index >= 15 is 0 Å². The van der Waals surface area contributed by atoms with E-state index in [0.29, 0.717) is 22.9 Å². The predicted octanol–water partition coefficient (Wildman–Crippen LogP) is 3.53. The minimum Gasteiger partial charge on any atom is -0.494 e. The van der Waals surface area contributed by atoms with Crippen molar-refractivity contribution < 1.29 is 22.7 Å². The van der Waals surface area contributed by atoms with Gasteiger partial charge in [0, 0.05) is 17.2 Å². The number of aromatic nitrogens is 1. The highest BCUT2D eigenvalue weighted by atomic mass is 32.2. The van der Waals surface area contributed by atoms with Gasteiger partial charge in [-0.3, -0.25) is 9.59 Å². The molecule has 8 nitrogen and oxygen atoms in total. The van der Waals surface area contributed by atoms with Crippen molar-refractivity contribution in [1.82, 2.24) is 15.0 Å². The molecule has 0 aliphatic heterocycles. The molecular weight excluding hydrogens is 462 g/mol. The zero-order chi connectivity index (χ0) is 23.6. The largest absolute Gasteiger partial charge is 0.494 e. The molecule has 0 unspecified atom stereocenters. The summed E-state index contributed by atoms with van der Waals surface area (Å²) in [5.74, 6) is -0.264. The van der Waals surface area contributed by atoms with Crippen LogP contribution in [0.5, 0.6) is 5.75 Å². The summed E-state index contributed by atoms with van der Waals surface area (Å²) in [5.41, 5.74) is 1.60. The van der Waals surface area contributed by atoms with E-state index in [2.05, 4.69) is 15.0 Å². The Kier molecular flexibility index (Phi) is 6.48. The number of aryl methyl sites for hydroxylation is 1. The molecule has 0 bridgehead atoms. The summed E-state index contributed by atoms with van der Waals surface area (Å²) >= 11 is 1.11. The number of nitrogens with one attached hydrogen (secondary N) is 2. The van der Waals surface area contributed by atoms with Gasteiger partial charge in [0.15, 0.2) is 0 Å². The Hall–Kier alpha value is -3.24. The van der Waals surface area contributed by atoms with Crippen LogP contribution in [-0.4, -0.2) is 37.9 Å². The SMILES string of the molecule is CCOc1ccc(-c2nc(C)c(C(=O)NS(=O)(=O)c3ccc(C(=O)NC4CC4)cc3)s2)cc1. The number of sulfonamides is 1. The molecule has 0 radical (unpaired) electrons. The summed E-state index contributed by atoms with van der Waals surface area (Å²) in [4.78, 5) is 29.3. The summed E-state index contributed by atoms with van der Waals surface area (Å²) in [6.45, 7) is 4.12. The lowest BCUT2D eigenvalue weighted by Crippen LogP contribution is -2.30. The Bertz CT molecular complexity index is 1280. The highest BCUT2D eigenvalue weighted by molar-refractivity contribution is 7.90. The van der Waals surface area contributed by atoms with Gasteiger partial charge in [-0.25, -0.2) is 18.1 Å². The number of carbonyl (C=O) groups excluding carboxylic acids is 2. The zero-order valence-corrected chi connectivity index (χ0v) is 19.8. The summed E-state index contributed by atoms with van der Waals surface area (Å²) in [6.07, 6.45) is 1.92. The number of amides is 2. The Morgan fingerprint density at radius 1 is 1.06 bits per heavy atom. The van der Waals surface area contributed by atoms with Crippen molar-refractivity contribution in [2.24, 2.45) is 0 Å². The van der Waals surface area contributed by atoms with Gasteiger partial charge in [-0.2, -0.15) is 0 Å². The topological polar surface area (TPSA) is 114 Å². The summed E-state index contributed by atoms with van der Waals surface area (Å²) < 4.78 is 32.9. The zero-order valence-electron chi connectivity index (χ0n) is 18.1. The van der Waals surface area contributed by atoms with Crippen molar-refractivity contribution in [3.63, 3.8) is 0 Å². The van der Waals surface area contributed by atoms with E-state index in [1.54, 1.807) is 6.92 Å². The van der Waals surface area contributed by atoms with Gasteiger partial charge in [-0.05, 0) is 75.2 Å². The minimum atomic E-state index is -4.11. The van der Waals surface area contributed by atoms with Crippen molar-refractivity contribution in [2.45, 2.75) is 37.6 Å². The van der Waals surface area contributed by atoms with Crippen LogP contribution in [0, 0.1) is 6.92 Å². The van der Waals surface area contributed by atoms with Crippen LogP contribution in [0.2, 0.25) is 0 Å². The molecule has 1 heterocycles. The minimum absolute atomic E-state index is 0.104. The van der Waals surface area contributed by atoms with Crippen LogP contribution in [-0.2, 0) is 10.0 Å². The van der Waals surface area contributed by atoms with Crippen LogP contribution >= 0.6 is 11.3 Å². The number of nitrogens with zero attached hydrogens (tertiary/aromatic N) is 1. The molecule has 4 rings (SSSR count). The smallest absolute Gasteiger partial charge is 0.277 e. The highest BCUT2D eigenvalue weighted by Crippen LogP contribution is 2.29. The third-order valence-corrected chi connectivity index (χ3v) is 7.53. The Balaban J connectivity index is 1.47. The number of thiazole rings is 1.